The summed E-state index contributed by atoms with van der Waals surface area (Å²) in [7, 11) is 0. The van der Waals surface area contributed by atoms with Gasteiger partial charge in [-0.1, -0.05) is 25.5 Å². The van der Waals surface area contributed by atoms with Crippen molar-refractivity contribution >= 4 is 0 Å². The number of rotatable bonds is 3. The van der Waals surface area contributed by atoms with Crippen molar-refractivity contribution in [3.63, 3.8) is 0 Å². The van der Waals surface area contributed by atoms with Gasteiger partial charge in [-0.05, 0) is 19.8 Å². The fraction of sp³-hybridized carbons (Fsp3) is 0.571. The van der Waals surface area contributed by atoms with Crippen LogP contribution >= 0.6 is 0 Å². The summed E-state index contributed by atoms with van der Waals surface area (Å²) < 4.78 is 0. The van der Waals surface area contributed by atoms with Crippen molar-refractivity contribution < 1.29 is 0 Å². The molecule has 0 spiro atoms. The summed E-state index contributed by atoms with van der Waals surface area (Å²) in [5.74, 6) is 0. The molecule has 0 saturated carbocycles. The van der Waals surface area contributed by atoms with Gasteiger partial charge in [-0.25, -0.2) is 0 Å². The summed E-state index contributed by atoms with van der Waals surface area (Å²) in [6, 6.07) is 0. The van der Waals surface area contributed by atoms with Gasteiger partial charge in [-0.2, -0.15) is 0 Å². The van der Waals surface area contributed by atoms with Gasteiger partial charge in [-0.15, -0.1) is 0 Å². The Morgan fingerprint density at radius 1 is 1.43 bits per heavy atom. The Labute approximate surface area is 46.2 Å². The number of allylic oxidation sites excluding steroid dienone is 2. The Morgan fingerprint density at radius 2 is 2.14 bits per heavy atom. The monoisotopic (exact) mass is 97.1 g/mol. The second-order valence-corrected chi connectivity index (χ2v) is 1.55. The molecule has 0 aromatic heterocycles. The minimum Gasteiger partial charge on any atom is -0.0914 e. The highest BCUT2D eigenvalue weighted by Crippen LogP contribution is 1.91. The Kier molecular flexibility index (Phi) is 5.53. The molecule has 0 aliphatic rings. The van der Waals surface area contributed by atoms with Crippen LogP contribution in [0.2, 0.25) is 0 Å². The quantitative estimate of drug-likeness (QED) is 0.475. The summed E-state index contributed by atoms with van der Waals surface area (Å²) in [6.45, 7) is 4.21. The zero-order chi connectivity index (χ0) is 5.54. The van der Waals surface area contributed by atoms with Crippen molar-refractivity contribution in [3.8, 4) is 0 Å². The Morgan fingerprint density at radius 3 is 2.57 bits per heavy atom. The van der Waals surface area contributed by atoms with Gasteiger partial charge in [-0.3, -0.25) is 0 Å². The molecule has 41 valence electrons. The summed E-state index contributed by atoms with van der Waals surface area (Å²) in [4.78, 5) is 0. The summed E-state index contributed by atoms with van der Waals surface area (Å²) >= 11 is 0. The van der Waals surface area contributed by atoms with Gasteiger partial charge in [0.1, 0.15) is 0 Å². The maximum atomic E-state index is 2.18. The maximum absolute atomic E-state index is 2.18. The fourth-order valence-corrected chi connectivity index (χ4v) is 0.399. The minimum absolute atomic E-state index is 1.21. The molecule has 0 aromatic rings. The van der Waals surface area contributed by atoms with Crippen LogP contribution in [0.25, 0.3) is 0 Å². The van der Waals surface area contributed by atoms with Crippen LogP contribution in [-0.2, 0) is 0 Å². The van der Waals surface area contributed by atoms with Gasteiger partial charge < -0.3 is 0 Å². The van der Waals surface area contributed by atoms with E-state index >= 15 is 0 Å². The van der Waals surface area contributed by atoms with Crippen LogP contribution in [0.1, 0.15) is 26.7 Å². The van der Waals surface area contributed by atoms with E-state index < -0.39 is 0 Å². The molecule has 0 N–H and O–H groups in total. The molecular formula is C7H13. The first-order valence-corrected chi connectivity index (χ1v) is 2.86. The molecule has 0 nitrogen and oxygen atoms in total. The average molecular weight is 97.2 g/mol. The van der Waals surface area contributed by atoms with Gasteiger partial charge in [0.05, 0.1) is 0 Å². The highest BCUT2D eigenvalue weighted by Gasteiger charge is 1.73. The molecule has 0 aliphatic carbocycles. The SMILES string of the molecule is C/C=C/[CH]CCC. The van der Waals surface area contributed by atoms with Crippen LogP contribution in [0.4, 0.5) is 0 Å². The molecule has 0 rings (SSSR count). The van der Waals surface area contributed by atoms with Crippen LogP contribution in [0.15, 0.2) is 12.2 Å². The lowest BCUT2D eigenvalue weighted by Crippen LogP contribution is -1.65. The topological polar surface area (TPSA) is 0 Å². The van der Waals surface area contributed by atoms with E-state index in [-0.39, 0.29) is 0 Å². The van der Waals surface area contributed by atoms with Crippen molar-refractivity contribution in [1.82, 2.24) is 0 Å². The van der Waals surface area contributed by atoms with Crippen LogP contribution in [0, 0.1) is 6.42 Å². The lowest BCUT2D eigenvalue weighted by Gasteiger charge is -1.83. The molecule has 0 unspecified atom stereocenters. The Bertz CT molecular complexity index is 44.0. The van der Waals surface area contributed by atoms with Gasteiger partial charge in [0.15, 0.2) is 0 Å². The number of hydrogen-bond donors (Lipinski definition) is 0. The van der Waals surface area contributed by atoms with Gasteiger partial charge >= 0.3 is 0 Å². The van der Waals surface area contributed by atoms with Crippen molar-refractivity contribution in [2.75, 3.05) is 0 Å². The average Bonchev–Trinajstić information content (AvgIpc) is 1.69. The smallest absolute Gasteiger partial charge is 0.0171 e. The van der Waals surface area contributed by atoms with E-state index in [9.17, 15) is 0 Å². The van der Waals surface area contributed by atoms with Gasteiger partial charge in [0.2, 0.25) is 0 Å². The molecule has 0 bridgehead atoms. The second kappa shape index (κ2) is 5.74. The minimum atomic E-state index is 1.21. The van der Waals surface area contributed by atoms with Crippen molar-refractivity contribution in [3.05, 3.63) is 18.6 Å². The zero-order valence-electron chi connectivity index (χ0n) is 5.15. The van der Waals surface area contributed by atoms with E-state index in [1.165, 1.54) is 12.8 Å². The molecule has 0 saturated heterocycles. The first-order valence-electron chi connectivity index (χ1n) is 2.86. The molecule has 0 amide bonds. The number of hydrogen-bond acceptors (Lipinski definition) is 0. The molecular weight excluding hydrogens is 84.1 g/mol. The van der Waals surface area contributed by atoms with Crippen LogP contribution < -0.4 is 0 Å². The predicted octanol–water partition coefficient (Wildman–Crippen LogP) is 2.57. The molecule has 0 heteroatoms. The predicted molar refractivity (Wildman–Crippen MR) is 34.0 cm³/mol. The highest BCUT2D eigenvalue weighted by molar-refractivity contribution is 4.91. The van der Waals surface area contributed by atoms with E-state index in [1.807, 2.05) is 6.92 Å². The lowest BCUT2D eigenvalue weighted by atomic mass is 10.2. The summed E-state index contributed by atoms with van der Waals surface area (Å²) in [5.41, 5.74) is 0. The Balaban J connectivity index is 2.69. The molecule has 7 heavy (non-hydrogen) atoms. The molecule has 0 heterocycles. The third kappa shape index (κ3) is 5.74. The van der Waals surface area contributed by atoms with Crippen molar-refractivity contribution in [2.45, 2.75) is 26.7 Å². The van der Waals surface area contributed by atoms with Crippen LogP contribution in [0.3, 0.4) is 0 Å². The molecule has 0 fully saturated rings. The molecule has 0 atom stereocenters. The first-order chi connectivity index (χ1) is 3.41. The fourth-order valence-electron chi connectivity index (χ4n) is 0.399. The van der Waals surface area contributed by atoms with E-state index in [0.717, 1.165) is 0 Å². The van der Waals surface area contributed by atoms with E-state index in [1.54, 1.807) is 0 Å². The van der Waals surface area contributed by atoms with Crippen LogP contribution in [-0.4, -0.2) is 0 Å². The Hall–Kier alpha value is -0.260. The van der Waals surface area contributed by atoms with Gasteiger partial charge in [0, 0.05) is 0 Å². The maximum Gasteiger partial charge on any atom is -0.0171 e. The largest absolute Gasteiger partial charge is 0.0914 e. The highest BCUT2D eigenvalue weighted by atomic mass is 13.8. The number of unbranched alkanes of at least 4 members (excludes halogenated alkanes) is 2. The molecule has 0 aromatic carbocycles. The third-order valence-corrected chi connectivity index (χ3v) is 0.784. The van der Waals surface area contributed by atoms with Crippen molar-refractivity contribution in [1.29, 1.82) is 0 Å². The lowest BCUT2D eigenvalue weighted by molar-refractivity contribution is 0.922. The molecule has 0 aliphatic heterocycles. The van der Waals surface area contributed by atoms with E-state index in [0.29, 0.717) is 0 Å². The summed E-state index contributed by atoms with van der Waals surface area (Å²) in [6.07, 6.45) is 8.79. The standard InChI is InChI=1S/C7H13/c1-3-5-7-6-4-2/h3,5,7H,4,6H2,1-2H3/b5-3+. The zero-order valence-corrected chi connectivity index (χ0v) is 5.15. The normalized spacial score (nSPS) is 10.6. The van der Waals surface area contributed by atoms with E-state index in [4.69, 9.17) is 0 Å². The summed E-state index contributed by atoms with van der Waals surface area (Å²) in [5, 5.41) is 0. The molecule has 1 radical (unpaired) electrons. The van der Waals surface area contributed by atoms with Gasteiger partial charge in [0.25, 0.3) is 0 Å². The third-order valence-electron chi connectivity index (χ3n) is 0.784. The first kappa shape index (κ1) is 6.74. The second-order valence-electron chi connectivity index (χ2n) is 1.55. The van der Waals surface area contributed by atoms with Crippen LogP contribution in [0.5, 0.6) is 0 Å². The van der Waals surface area contributed by atoms with Crippen molar-refractivity contribution in [2.24, 2.45) is 0 Å². The van der Waals surface area contributed by atoms with E-state index in [2.05, 4.69) is 25.5 Å².